The molecule has 3 aliphatic heterocycles. The first-order valence-corrected chi connectivity index (χ1v) is 13.3. The topological polar surface area (TPSA) is 144 Å². The van der Waals surface area contributed by atoms with Gasteiger partial charge >= 0.3 is 13.8 Å². The SMILES string of the molecule is CC(C)OC(=O)C(CCO[P@]1(=O)OC[C@H]2O[C@@H](N3C=CC(=O)CC3=O)[C@](C)(N)[C@@H]2O1)c1ccccc1. The Balaban J connectivity index is 1.42. The Labute approximate surface area is 209 Å². The molecule has 4 rings (SSSR count). The Kier molecular flexibility index (Phi) is 7.80. The zero-order valence-corrected chi connectivity index (χ0v) is 21.3. The van der Waals surface area contributed by atoms with E-state index in [1.807, 2.05) is 30.3 Å². The Morgan fingerprint density at radius 2 is 2.00 bits per heavy atom. The van der Waals surface area contributed by atoms with Crippen LogP contribution in [0.4, 0.5) is 0 Å². The summed E-state index contributed by atoms with van der Waals surface area (Å²) in [6.07, 6.45) is -0.345. The molecule has 0 aliphatic carbocycles. The molecule has 11 nitrogen and oxygen atoms in total. The van der Waals surface area contributed by atoms with Crippen LogP contribution in [0.1, 0.15) is 45.1 Å². The third-order valence-electron chi connectivity index (χ3n) is 6.21. The molecule has 3 heterocycles. The van der Waals surface area contributed by atoms with Crippen molar-refractivity contribution in [2.24, 2.45) is 5.73 Å². The summed E-state index contributed by atoms with van der Waals surface area (Å²) in [4.78, 5) is 37.8. The van der Waals surface area contributed by atoms with Gasteiger partial charge in [-0.1, -0.05) is 30.3 Å². The van der Waals surface area contributed by atoms with Gasteiger partial charge in [-0.25, -0.2) is 4.57 Å². The summed E-state index contributed by atoms with van der Waals surface area (Å²) in [6.45, 7) is 4.90. The first-order chi connectivity index (χ1) is 17.0. The number of fused-ring (bicyclic) bond motifs is 1. The van der Waals surface area contributed by atoms with Gasteiger partial charge in [-0.05, 0) is 38.8 Å². The van der Waals surface area contributed by atoms with Crippen LogP contribution in [0.15, 0.2) is 42.6 Å². The van der Waals surface area contributed by atoms with Gasteiger partial charge < -0.3 is 15.2 Å². The average molecular weight is 522 g/mol. The predicted octanol–water partition coefficient (Wildman–Crippen LogP) is 2.41. The first-order valence-electron chi connectivity index (χ1n) is 11.8. The Morgan fingerprint density at radius 1 is 1.28 bits per heavy atom. The minimum Gasteiger partial charge on any atom is -0.463 e. The summed E-state index contributed by atoms with van der Waals surface area (Å²) in [6, 6.07) is 9.10. The number of ketones is 1. The number of amides is 1. The Bertz CT molecular complexity index is 1070. The van der Waals surface area contributed by atoms with Crippen LogP contribution in [0.3, 0.4) is 0 Å². The second-order valence-corrected chi connectivity index (χ2v) is 11.1. The van der Waals surface area contributed by atoms with Crippen LogP contribution in [0.25, 0.3) is 0 Å². The lowest BCUT2D eigenvalue weighted by molar-refractivity contribution is -0.149. The van der Waals surface area contributed by atoms with E-state index in [0.717, 1.165) is 5.56 Å². The van der Waals surface area contributed by atoms with Gasteiger partial charge in [-0.15, -0.1) is 0 Å². The Morgan fingerprint density at radius 3 is 2.67 bits per heavy atom. The Hall–Kier alpha value is -2.40. The number of phosphoric ester groups is 1. The van der Waals surface area contributed by atoms with E-state index in [4.69, 9.17) is 28.8 Å². The summed E-state index contributed by atoms with van der Waals surface area (Å²) < 4.78 is 41.3. The zero-order valence-electron chi connectivity index (χ0n) is 20.4. The van der Waals surface area contributed by atoms with Crippen LogP contribution in [0.2, 0.25) is 0 Å². The van der Waals surface area contributed by atoms with Crippen LogP contribution in [0, 0.1) is 0 Å². The predicted molar refractivity (Wildman–Crippen MR) is 126 cm³/mol. The molecule has 0 aromatic heterocycles. The van der Waals surface area contributed by atoms with Gasteiger partial charge in [0.05, 0.1) is 37.2 Å². The van der Waals surface area contributed by atoms with Crippen molar-refractivity contribution in [3.05, 3.63) is 48.2 Å². The number of hydrogen-bond donors (Lipinski definition) is 1. The van der Waals surface area contributed by atoms with Crippen LogP contribution >= 0.6 is 7.82 Å². The molecule has 0 bridgehead atoms. The molecule has 2 saturated heterocycles. The molecule has 12 heteroatoms. The third-order valence-corrected chi connectivity index (χ3v) is 7.66. The van der Waals surface area contributed by atoms with E-state index in [1.54, 1.807) is 20.8 Å². The lowest BCUT2D eigenvalue weighted by atomic mass is 9.92. The van der Waals surface area contributed by atoms with Crippen LogP contribution in [0.5, 0.6) is 0 Å². The highest BCUT2D eigenvalue weighted by Crippen LogP contribution is 2.57. The third kappa shape index (κ3) is 5.61. The van der Waals surface area contributed by atoms with Crippen molar-refractivity contribution in [1.29, 1.82) is 0 Å². The molecule has 3 aliphatic rings. The van der Waals surface area contributed by atoms with Gasteiger partial charge in [0.25, 0.3) is 0 Å². The van der Waals surface area contributed by atoms with Crippen molar-refractivity contribution >= 4 is 25.5 Å². The number of rotatable bonds is 8. The smallest absolute Gasteiger partial charge is 0.463 e. The monoisotopic (exact) mass is 522 g/mol. The number of esters is 1. The number of carbonyl (C=O) groups excluding carboxylic acids is 3. The molecule has 1 aromatic carbocycles. The van der Waals surface area contributed by atoms with Gasteiger partial charge in [0.2, 0.25) is 5.91 Å². The molecule has 6 atom stereocenters. The van der Waals surface area contributed by atoms with Gasteiger partial charge in [0.15, 0.2) is 12.0 Å². The number of ether oxygens (including phenoxy) is 2. The highest BCUT2D eigenvalue weighted by molar-refractivity contribution is 7.48. The average Bonchev–Trinajstić information content (AvgIpc) is 3.06. The minimum atomic E-state index is -4.05. The quantitative estimate of drug-likeness (QED) is 0.307. The highest BCUT2D eigenvalue weighted by Gasteiger charge is 2.60. The fourth-order valence-corrected chi connectivity index (χ4v) is 5.95. The van der Waals surface area contributed by atoms with E-state index < -0.39 is 49.6 Å². The summed E-state index contributed by atoms with van der Waals surface area (Å²) in [5.41, 5.74) is 5.98. The summed E-state index contributed by atoms with van der Waals surface area (Å²) >= 11 is 0. The molecule has 0 spiro atoms. The number of allylic oxidation sites excluding steroid dienone is 1. The van der Waals surface area contributed by atoms with E-state index in [0.29, 0.717) is 0 Å². The van der Waals surface area contributed by atoms with Crippen molar-refractivity contribution in [3.8, 4) is 0 Å². The maximum absolute atomic E-state index is 13.3. The van der Waals surface area contributed by atoms with E-state index >= 15 is 0 Å². The van der Waals surface area contributed by atoms with Gasteiger partial charge in [-0.3, -0.25) is 32.9 Å². The molecular weight excluding hydrogens is 491 g/mol. The van der Waals surface area contributed by atoms with Crippen molar-refractivity contribution in [3.63, 3.8) is 0 Å². The fraction of sp³-hybridized carbons (Fsp3) is 0.542. The van der Waals surface area contributed by atoms with Gasteiger partial charge in [0.1, 0.15) is 12.2 Å². The maximum atomic E-state index is 13.3. The van der Waals surface area contributed by atoms with Crippen molar-refractivity contribution < 1.29 is 42.0 Å². The summed E-state index contributed by atoms with van der Waals surface area (Å²) in [5.74, 6) is -1.81. The van der Waals surface area contributed by atoms with Crippen LogP contribution < -0.4 is 5.73 Å². The van der Waals surface area contributed by atoms with E-state index in [1.165, 1.54) is 17.2 Å². The summed E-state index contributed by atoms with van der Waals surface area (Å²) in [7, 11) is -4.05. The molecule has 2 fully saturated rings. The summed E-state index contributed by atoms with van der Waals surface area (Å²) in [5, 5.41) is 0. The van der Waals surface area contributed by atoms with Crippen LogP contribution in [-0.2, 0) is 42.0 Å². The van der Waals surface area contributed by atoms with Crippen molar-refractivity contribution in [2.75, 3.05) is 13.2 Å². The molecule has 1 amide bonds. The number of nitrogens with zero attached hydrogens (tertiary/aromatic N) is 1. The standard InChI is InChI=1S/C24H31N2O9P/c1-15(2)33-22(29)18(16-7-5-4-6-8-16)10-12-31-36(30)32-14-19-21(35-36)24(3,25)23(34-19)26-11-9-17(27)13-20(26)28/h4-9,11,15,18-19,21,23H,10,12-14,25H2,1-3H3/t18?,19-,21-,23-,24-,36-/m1/s1. The second kappa shape index (κ2) is 10.5. The maximum Gasteiger partial charge on any atom is 0.475 e. The van der Waals surface area contributed by atoms with Crippen LogP contribution in [-0.4, -0.2) is 65.9 Å². The first kappa shape index (κ1) is 26.7. The molecule has 0 radical (unpaired) electrons. The molecule has 0 saturated carbocycles. The molecule has 1 aromatic rings. The molecule has 2 N–H and O–H groups in total. The van der Waals surface area contributed by atoms with Gasteiger partial charge in [0, 0.05) is 6.20 Å². The zero-order chi connectivity index (χ0) is 26.1. The number of phosphoric acid groups is 1. The number of nitrogens with two attached hydrogens (primary N) is 1. The molecule has 1 unspecified atom stereocenters. The number of carbonyl (C=O) groups is 3. The minimum absolute atomic E-state index is 0.109. The van der Waals surface area contributed by atoms with E-state index in [9.17, 15) is 18.9 Å². The second-order valence-electron chi connectivity index (χ2n) is 9.49. The highest BCUT2D eigenvalue weighted by atomic mass is 31.2. The largest absolute Gasteiger partial charge is 0.475 e. The molecule has 196 valence electrons. The van der Waals surface area contributed by atoms with Crippen molar-refractivity contribution in [1.82, 2.24) is 4.90 Å². The number of hydrogen-bond acceptors (Lipinski definition) is 10. The lowest BCUT2D eigenvalue weighted by Gasteiger charge is -2.38. The molecule has 36 heavy (non-hydrogen) atoms. The van der Waals surface area contributed by atoms with E-state index in [2.05, 4.69) is 0 Å². The van der Waals surface area contributed by atoms with Crippen molar-refractivity contribution in [2.45, 2.75) is 69.6 Å². The fourth-order valence-electron chi connectivity index (χ4n) is 4.46. The molecular formula is C24H31N2O9P. The lowest BCUT2D eigenvalue weighted by Crippen LogP contribution is -2.60. The number of benzene rings is 1. The normalized spacial score (nSPS) is 33.0. The van der Waals surface area contributed by atoms with E-state index in [-0.39, 0.29) is 37.9 Å². The van der Waals surface area contributed by atoms with Gasteiger partial charge in [-0.2, -0.15) is 0 Å².